The summed E-state index contributed by atoms with van der Waals surface area (Å²) in [7, 11) is 0. The van der Waals surface area contributed by atoms with Gasteiger partial charge in [0.1, 0.15) is 5.82 Å². The Morgan fingerprint density at radius 3 is 2.17 bits per heavy atom. The second-order valence-electron chi connectivity index (χ2n) is 2.10. The van der Waals surface area contributed by atoms with E-state index in [1.54, 1.807) is 0 Å². The quantitative estimate of drug-likeness (QED) is 0.610. The van der Waals surface area contributed by atoms with Gasteiger partial charge in [0.25, 0.3) is 0 Å². The summed E-state index contributed by atoms with van der Waals surface area (Å²) >= 11 is 2.52. The summed E-state index contributed by atoms with van der Waals surface area (Å²) in [5.74, 6) is -0.912. The molecule has 0 radical (unpaired) electrons. The van der Waals surface area contributed by atoms with E-state index in [-0.39, 0.29) is 0 Å². The molecule has 0 heterocycles. The maximum absolute atomic E-state index is 12.6. The Bertz CT molecular complexity index is 292. The van der Waals surface area contributed by atoms with Crippen LogP contribution in [-0.2, 0) is 6.18 Å². The van der Waals surface area contributed by atoms with Crippen LogP contribution in [0.25, 0.3) is 0 Å². The van der Waals surface area contributed by atoms with Crippen molar-refractivity contribution in [1.82, 2.24) is 0 Å². The van der Waals surface area contributed by atoms with Gasteiger partial charge in [-0.3, -0.25) is 0 Å². The first-order chi connectivity index (χ1) is 5.43. The lowest BCUT2D eigenvalue weighted by Gasteiger charge is -2.08. The standard InChI is InChI=1S/C7H3BrF4/c8-6-4(7(10,11)12)2-1-3-5(6)9/h1-3H. The van der Waals surface area contributed by atoms with Crippen molar-refractivity contribution in [3.05, 3.63) is 34.1 Å². The van der Waals surface area contributed by atoms with Gasteiger partial charge in [-0.05, 0) is 28.1 Å². The zero-order chi connectivity index (χ0) is 9.35. The third kappa shape index (κ3) is 1.77. The highest BCUT2D eigenvalue weighted by molar-refractivity contribution is 9.10. The smallest absolute Gasteiger partial charge is 0.206 e. The van der Waals surface area contributed by atoms with Gasteiger partial charge in [-0.15, -0.1) is 0 Å². The fourth-order valence-corrected chi connectivity index (χ4v) is 1.21. The summed E-state index contributed by atoms with van der Waals surface area (Å²) in [6.07, 6.45) is -4.51. The van der Waals surface area contributed by atoms with E-state index in [0.29, 0.717) is 0 Å². The number of benzene rings is 1. The number of hydrogen-bond donors (Lipinski definition) is 0. The lowest BCUT2D eigenvalue weighted by molar-refractivity contribution is -0.138. The van der Waals surface area contributed by atoms with Crippen molar-refractivity contribution < 1.29 is 17.6 Å². The van der Waals surface area contributed by atoms with Gasteiger partial charge in [0, 0.05) is 0 Å². The lowest BCUT2D eigenvalue weighted by Crippen LogP contribution is -2.06. The molecule has 66 valence electrons. The number of alkyl halides is 3. The van der Waals surface area contributed by atoms with Crippen LogP contribution >= 0.6 is 15.9 Å². The number of hydrogen-bond acceptors (Lipinski definition) is 0. The van der Waals surface area contributed by atoms with E-state index in [2.05, 4.69) is 15.9 Å². The largest absolute Gasteiger partial charge is 0.417 e. The summed E-state index contributed by atoms with van der Waals surface area (Å²) < 4.78 is 48.1. The second-order valence-corrected chi connectivity index (χ2v) is 2.89. The predicted molar refractivity (Wildman–Crippen MR) is 39.1 cm³/mol. The minimum absolute atomic E-state index is 0.544. The number of rotatable bonds is 0. The van der Waals surface area contributed by atoms with Gasteiger partial charge < -0.3 is 0 Å². The SMILES string of the molecule is Fc1cccc(C(F)(F)F)c1Br. The summed E-state index contributed by atoms with van der Waals surface area (Å²) in [5.41, 5.74) is -0.998. The van der Waals surface area contributed by atoms with Crippen LogP contribution in [0, 0.1) is 5.82 Å². The summed E-state index contributed by atoms with van der Waals surface area (Å²) in [4.78, 5) is 0. The topological polar surface area (TPSA) is 0 Å². The maximum atomic E-state index is 12.6. The molecule has 0 aliphatic carbocycles. The normalized spacial score (nSPS) is 11.8. The fourth-order valence-electron chi connectivity index (χ4n) is 0.723. The summed E-state index contributed by atoms with van der Waals surface area (Å²) in [5, 5.41) is 0. The monoisotopic (exact) mass is 242 g/mol. The maximum Gasteiger partial charge on any atom is 0.417 e. The Kier molecular flexibility index (Phi) is 2.41. The van der Waals surface area contributed by atoms with E-state index >= 15 is 0 Å². The fraction of sp³-hybridized carbons (Fsp3) is 0.143. The average molecular weight is 243 g/mol. The van der Waals surface area contributed by atoms with Crippen LogP contribution < -0.4 is 0 Å². The van der Waals surface area contributed by atoms with Crippen molar-refractivity contribution in [1.29, 1.82) is 0 Å². The predicted octanol–water partition coefficient (Wildman–Crippen LogP) is 3.61. The molecular formula is C7H3BrF4. The van der Waals surface area contributed by atoms with Crippen LogP contribution in [0.4, 0.5) is 17.6 Å². The summed E-state index contributed by atoms with van der Waals surface area (Å²) in [6.45, 7) is 0. The molecule has 1 rings (SSSR count). The first-order valence-electron chi connectivity index (χ1n) is 2.94. The molecule has 0 spiro atoms. The molecule has 0 amide bonds. The van der Waals surface area contributed by atoms with Crippen LogP contribution in [0.1, 0.15) is 5.56 Å². The van der Waals surface area contributed by atoms with E-state index in [0.717, 1.165) is 18.2 Å². The van der Waals surface area contributed by atoms with Crippen molar-refractivity contribution in [2.75, 3.05) is 0 Å². The molecule has 0 saturated carbocycles. The molecule has 5 heteroatoms. The van der Waals surface area contributed by atoms with Gasteiger partial charge in [0.15, 0.2) is 0 Å². The van der Waals surface area contributed by atoms with Crippen molar-refractivity contribution in [3.8, 4) is 0 Å². The molecule has 1 aromatic rings. The molecule has 0 aromatic heterocycles. The third-order valence-electron chi connectivity index (χ3n) is 1.26. The van der Waals surface area contributed by atoms with Gasteiger partial charge in [-0.1, -0.05) is 6.07 Å². The van der Waals surface area contributed by atoms with E-state index in [4.69, 9.17) is 0 Å². The van der Waals surface area contributed by atoms with Gasteiger partial charge >= 0.3 is 6.18 Å². The Balaban J connectivity index is 3.26. The zero-order valence-corrected chi connectivity index (χ0v) is 7.21. The van der Waals surface area contributed by atoms with Gasteiger partial charge in [-0.25, -0.2) is 4.39 Å². The van der Waals surface area contributed by atoms with E-state index in [1.807, 2.05) is 0 Å². The molecule has 0 aliphatic rings. The molecule has 0 atom stereocenters. The Hall–Kier alpha value is -0.580. The Morgan fingerprint density at radius 1 is 1.17 bits per heavy atom. The molecule has 0 bridgehead atoms. The highest BCUT2D eigenvalue weighted by Gasteiger charge is 2.33. The van der Waals surface area contributed by atoms with Crippen molar-refractivity contribution in [2.45, 2.75) is 6.18 Å². The lowest BCUT2D eigenvalue weighted by atomic mass is 10.2. The van der Waals surface area contributed by atoms with Crippen molar-refractivity contribution >= 4 is 15.9 Å². The van der Waals surface area contributed by atoms with Gasteiger partial charge in [-0.2, -0.15) is 13.2 Å². The van der Waals surface area contributed by atoms with Crippen LogP contribution in [0.15, 0.2) is 22.7 Å². The third-order valence-corrected chi connectivity index (χ3v) is 2.06. The molecule has 0 nitrogen and oxygen atoms in total. The minimum atomic E-state index is -4.51. The first-order valence-corrected chi connectivity index (χ1v) is 3.73. The van der Waals surface area contributed by atoms with E-state index in [9.17, 15) is 17.6 Å². The Morgan fingerprint density at radius 2 is 1.75 bits per heavy atom. The van der Waals surface area contributed by atoms with Crippen LogP contribution in [0.5, 0.6) is 0 Å². The molecule has 0 N–H and O–H groups in total. The van der Waals surface area contributed by atoms with Crippen LogP contribution in [0.2, 0.25) is 0 Å². The zero-order valence-electron chi connectivity index (χ0n) is 5.62. The molecule has 12 heavy (non-hydrogen) atoms. The van der Waals surface area contributed by atoms with Gasteiger partial charge in [0.2, 0.25) is 0 Å². The van der Waals surface area contributed by atoms with E-state index < -0.39 is 22.0 Å². The average Bonchev–Trinajstić information content (AvgIpc) is 1.92. The molecule has 1 aromatic carbocycles. The molecular weight excluding hydrogens is 240 g/mol. The second kappa shape index (κ2) is 3.05. The molecule has 0 aliphatic heterocycles. The molecule has 0 fully saturated rings. The highest BCUT2D eigenvalue weighted by atomic mass is 79.9. The summed E-state index contributed by atoms with van der Waals surface area (Å²) in [6, 6.07) is 2.79. The van der Waals surface area contributed by atoms with E-state index in [1.165, 1.54) is 0 Å². The van der Waals surface area contributed by atoms with Crippen molar-refractivity contribution in [2.24, 2.45) is 0 Å². The number of halogens is 5. The molecule has 0 saturated heterocycles. The minimum Gasteiger partial charge on any atom is -0.206 e. The Labute approximate surface area is 74.3 Å². The molecule has 0 unspecified atom stereocenters. The van der Waals surface area contributed by atoms with Crippen molar-refractivity contribution in [3.63, 3.8) is 0 Å². The highest BCUT2D eigenvalue weighted by Crippen LogP contribution is 2.35. The van der Waals surface area contributed by atoms with Gasteiger partial charge in [0.05, 0.1) is 10.0 Å². The first kappa shape index (κ1) is 9.51. The van der Waals surface area contributed by atoms with Crippen LogP contribution in [0.3, 0.4) is 0 Å². The van der Waals surface area contributed by atoms with Crippen LogP contribution in [-0.4, -0.2) is 0 Å².